The minimum atomic E-state index is -0.0203. The number of nitrogens with zero attached hydrogens (tertiary/aromatic N) is 2. The largest absolute Gasteiger partial charge is 0.305 e. The van der Waals surface area contributed by atoms with Gasteiger partial charge in [0.1, 0.15) is 0 Å². The van der Waals surface area contributed by atoms with Gasteiger partial charge in [-0.05, 0) is 67.5 Å². The number of likely N-dealkylation sites (tertiary alicyclic amines) is 1. The Kier molecular flexibility index (Phi) is 7.77. The number of amides is 1. The minimum absolute atomic E-state index is 0.0203. The van der Waals surface area contributed by atoms with Crippen LogP contribution in [0.25, 0.3) is 0 Å². The van der Waals surface area contributed by atoms with Crippen LogP contribution in [-0.2, 0) is 0 Å². The van der Waals surface area contributed by atoms with Crippen molar-refractivity contribution in [1.29, 1.82) is 0 Å². The van der Waals surface area contributed by atoms with Crippen LogP contribution in [0, 0.1) is 0 Å². The normalized spacial score (nSPS) is 21.5. The Balaban J connectivity index is 1.35. The SMILES string of the molecule is O=C(c1ccc(Cl)c(Cl)c1)N(c1ccccc1)C1CCN(C2CCCCC2c2ccccc2)CC1. The third-order valence-corrected chi connectivity index (χ3v) is 8.45. The molecule has 5 rings (SSSR count). The summed E-state index contributed by atoms with van der Waals surface area (Å²) in [6.07, 6.45) is 7.06. The van der Waals surface area contributed by atoms with Gasteiger partial charge in [0.15, 0.2) is 0 Å². The fraction of sp³-hybridized carbons (Fsp3) is 0.367. The summed E-state index contributed by atoms with van der Waals surface area (Å²) in [5.74, 6) is 0.581. The zero-order chi connectivity index (χ0) is 24.2. The fourth-order valence-electron chi connectivity index (χ4n) is 5.96. The van der Waals surface area contributed by atoms with E-state index in [1.54, 1.807) is 18.2 Å². The minimum Gasteiger partial charge on any atom is -0.305 e. The van der Waals surface area contributed by atoms with Crippen molar-refractivity contribution in [3.8, 4) is 0 Å². The Hall–Kier alpha value is -2.33. The van der Waals surface area contributed by atoms with E-state index in [0.29, 0.717) is 27.6 Å². The maximum atomic E-state index is 13.7. The van der Waals surface area contributed by atoms with Crippen molar-refractivity contribution >= 4 is 34.8 Å². The standard InChI is InChI=1S/C30H32Cl2N2O/c31-27-16-15-23(21-28(27)32)30(35)34(24-11-5-2-6-12-24)25-17-19-33(20-18-25)29-14-8-7-13-26(29)22-9-3-1-4-10-22/h1-6,9-12,15-16,21,25-26,29H,7-8,13-14,17-20H2. The van der Waals surface area contributed by atoms with Crippen LogP contribution in [0.15, 0.2) is 78.9 Å². The Labute approximate surface area is 218 Å². The van der Waals surface area contributed by atoms with Crippen LogP contribution < -0.4 is 4.90 Å². The first-order valence-electron chi connectivity index (χ1n) is 12.7. The zero-order valence-corrected chi connectivity index (χ0v) is 21.5. The molecule has 35 heavy (non-hydrogen) atoms. The van der Waals surface area contributed by atoms with Gasteiger partial charge in [-0.3, -0.25) is 9.69 Å². The van der Waals surface area contributed by atoms with Gasteiger partial charge in [0, 0.05) is 36.4 Å². The van der Waals surface area contributed by atoms with Gasteiger partial charge in [-0.2, -0.15) is 0 Å². The van der Waals surface area contributed by atoms with E-state index in [4.69, 9.17) is 23.2 Å². The van der Waals surface area contributed by atoms with Gasteiger partial charge in [-0.25, -0.2) is 0 Å². The van der Waals surface area contributed by atoms with Crippen molar-refractivity contribution in [2.75, 3.05) is 18.0 Å². The summed E-state index contributed by atoms with van der Waals surface area (Å²) in [7, 11) is 0. The van der Waals surface area contributed by atoms with Crippen LogP contribution in [0.3, 0.4) is 0 Å². The van der Waals surface area contributed by atoms with Gasteiger partial charge in [-0.15, -0.1) is 0 Å². The molecular formula is C30H32Cl2N2O. The summed E-state index contributed by atoms with van der Waals surface area (Å²) in [5, 5.41) is 0.868. The molecule has 182 valence electrons. The number of benzene rings is 3. The molecule has 1 saturated carbocycles. The molecule has 0 N–H and O–H groups in total. The first-order chi connectivity index (χ1) is 17.1. The Morgan fingerprint density at radius 1 is 0.771 bits per heavy atom. The molecular weight excluding hydrogens is 475 g/mol. The maximum Gasteiger partial charge on any atom is 0.258 e. The summed E-state index contributed by atoms with van der Waals surface area (Å²) < 4.78 is 0. The lowest BCUT2D eigenvalue weighted by Crippen LogP contribution is -2.51. The maximum absolute atomic E-state index is 13.7. The molecule has 1 aliphatic carbocycles. The molecule has 3 aromatic rings. The van der Waals surface area contributed by atoms with Crippen molar-refractivity contribution in [3.05, 3.63) is 100 Å². The quantitative estimate of drug-likeness (QED) is 0.351. The molecule has 0 aromatic heterocycles. The Morgan fingerprint density at radius 3 is 2.11 bits per heavy atom. The number of rotatable bonds is 5. The number of halogens is 2. The summed E-state index contributed by atoms with van der Waals surface area (Å²) in [5.41, 5.74) is 2.98. The molecule has 2 aliphatic rings. The lowest BCUT2D eigenvalue weighted by molar-refractivity contribution is 0.0895. The predicted octanol–water partition coefficient (Wildman–Crippen LogP) is 7.83. The Morgan fingerprint density at radius 2 is 1.43 bits per heavy atom. The number of hydrogen-bond donors (Lipinski definition) is 0. The van der Waals surface area contributed by atoms with E-state index in [9.17, 15) is 4.79 Å². The monoisotopic (exact) mass is 506 g/mol. The summed E-state index contributed by atoms with van der Waals surface area (Å²) >= 11 is 12.4. The molecule has 0 bridgehead atoms. The van der Waals surface area contributed by atoms with Crippen LogP contribution >= 0.6 is 23.2 Å². The second kappa shape index (κ2) is 11.2. The second-order valence-corrected chi connectivity index (χ2v) is 10.6. The van der Waals surface area contributed by atoms with E-state index in [-0.39, 0.29) is 11.9 Å². The second-order valence-electron chi connectivity index (χ2n) is 9.78. The number of hydrogen-bond acceptors (Lipinski definition) is 2. The third kappa shape index (κ3) is 5.43. The molecule has 2 fully saturated rings. The molecule has 3 nitrogen and oxygen atoms in total. The molecule has 1 amide bonds. The van der Waals surface area contributed by atoms with Crippen molar-refractivity contribution in [3.63, 3.8) is 0 Å². The van der Waals surface area contributed by atoms with Gasteiger partial charge in [-0.1, -0.05) is 84.6 Å². The number of carbonyl (C=O) groups excluding carboxylic acids is 1. The number of anilines is 1. The highest BCUT2D eigenvalue weighted by molar-refractivity contribution is 6.42. The van der Waals surface area contributed by atoms with Crippen molar-refractivity contribution in [2.45, 2.75) is 56.5 Å². The first kappa shape index (κ1) is 24.4. The van der Waals surface area contributed by atoms with Gasteiger partial charge < -0.3 is 4.90 Å². The van der Waals surface area contributed by atoms with E-state index in [2.05, 4.69) is 35.2 Å². The third-order valence-electron chi connectivity index (χ3n) is 7.71. The van der Waals surface area contributed by atoms with E-state index in [1.807, 2.05) is 35.2 Å². The Bertz CT molecular complexity index is 1130. The van der Waals surface area contributed by atoms with Crippen LogP contribution in [0.4, 0.5) is 5.69 Å². The molecule has 1 aliphatic heterocycles. The van der Waals surface area contributed by atoms with Crippen LogP contribution in [0.5, 0.6) is 0 Å². The average Bonchev–Trinajstić information content (AvgIpc) is 2.92. The topological polar surface area (TPSA) is 23.6 Å². The number of para-hydroxylation sites is 1. The molecule has 2 unspecified atom stereocenters. The smallest absolute Gasteiger partial charge is 0.258 e. The molecule has 0 radical (unpaired) electrons. The van der Waals surface area contributed by atoms with Gasteiger partial charge in [0.2, 0.25) is 0 Å². The number of piperidine rings is 1. The highest BCUT2D eigenvalue weighted by atomic mass is 35.5. The van der Waals surface area contributed by atoms with Crippen LogP contribution in [-0.4, -0.2) is 36.0 Å². The molecule has 0 spiro atoms. The van der Waals surface area contributed by atoms with Gasteiger partial charge >= 0.3 is 0 Å². The summed E-state index contributed by atoms with van der Waals surface area (Å²) in [4.78, 5) is 18.4. The number of carbonyl (C=O) groups is 1. The molecule has 5 heteroatoms. The molecule has 2 atom stereocenters. The summed E-state index contributed by atoms with van der Waals surface area (Å²) in [6.45, 7) is 2.02. The molecule has 1 saturated heterocycles. The lowest BCUT2D eigenvalue weighted by atomic mass is 9.78. The zero-order valence-electron chi connectivity index (χ0n) is 20.0. The van der Waals surface area contributed by atoms with Crippen LogP contribution in [0.1, 0.15) is 60.4 Å². The highest BCUT2D eigenvalue weighted by Crippen LogP contribution is 2.38. The van der Waals surface area contributed by atoms with E-state index < -0.39 is 0 Å². The lowest BCUT2D eigenvalue weighted by Gasteiger charge is -2.45. The van der Waals surface area contributed by atoms with Crippen LogP contribution in [0.2, 0.25) is 10.0 Å². The average molecular weight is 508 g/mol. The van der Waals surface area contributed by atoms with E-state index >= 15 is 0 Å². The summed E-state index contributed by atoms with van der Waals surface area (Å²) in [6, 6.07) is 26.9. The highest BCUT2D eigenvalue weighted by Gasteiger charge is 2.36. The van der Waals surface area contributed by atoms with Crippen molar-refractivity contribution in [1.82, 2.24) is 4.90 Å². The molecule has 3 aromatic carbocycles. The predicted molar refractivity (Wildman–Crippen MR) is 146 cm³/mol. The molecule has 1 heterocycles. The van der Waals surface area contributed by atoms with E-state index in [1.165, 1.54) is 31.2 Å². The van der Waals surface area contributed by atoms with Gasteiger partial charge in [0.25, 0.3) is 5.91 Å². The van der Waals surface area contributed by atoms with E-state index in [0.717, 1.165) is 31.6 Å². The van der Waals surface area contributed by atoms with Crippen molar-refractivity contribution < 1.29 is 4.79 Å². The van der Waals surface area contributed by atoms with Gasteiger partial charge in [0.05, 0.1) is 10.0 Å². The van der Waals surface area contributed by atoms with Crippen molar-refractivity contribution in [2.24, 2.45) is 0 Å². The first-order valence-corrected chi connectivity index (χ1v) is 13.5. The fourth-order valence-corrected chi connectivity index (χ4v) is 6.26.